The van der Waals surface area contributed by atoms with Gasteiger partial charge in [-0.1, -0.05) is 37.6 Å². The number of carbonyl (C=O) groups is 3. The quantitative estimate of drug-likeness (QED) is 0.374. The van der Waals surface area contributed by atoms with Crippen molar-refractivity contribution < 1.29 is 28.6 Å². The number of benzene rings is 2. The number of aryl methyl sites for hydroxylation is 1. The number of carbonyl (C=O) groups excluding carboxylic acids is 3. The minimum absolute atomic E-state index is 0.158. The van der Waals surface area contributed by atoms with E-state index in [4.69, 9.17) is 14.2 Å². The molecule has 2 N–H and O–H groups in total. The number of nitrogens with zero attached hydrogens (tertiary/aromatic N) is 2. The lowest BCUT2D eigenvalue weighted by molar-refractivity contribution is -0.137. The van der Waals surface area contributed by atoms with Crippen molar-refractivity contribution in [2.75, 3.05) is 40.0 Å². The summed E-state index contributed by atoms with van der Waals surface area (Å²) in [6, 6.07) is 11.5. The van der Waals surface area contributed by atoms with Crippen molar-refractivity contribution in [3.63, 3.8) is 0 Å². The van der Waals surface area contributed by atoms with Crippen LogP contribution in [0.15, 0.2) is 47.6 Å². The normalized spacial score (nSPS) is 14.4. The van der Waals surface area contributed by atoms with E-state index >= 15 is 0 Å². The molecule has 1 aliphatic rings. The number of rotatable bonds is 10. The van der Waals surface area contributed by atoms with Crippen molar-refractivity contribution in [3.8, 4) is 11.5 Å². The first-order chi connectivity index (χ1) is 17.8. The summed E-state index contributed by atoms with van der Waals surface area (Å²) in [4.78, 5) is 39.7. The van der Waals surface area contributed by atoms with Crippen molar-refractivity contribution >= 4 is 23.9 Å². The van der Waals surface area contributed by atoms with E-state index in [1.165, 1.54) is 13.3 Å². The SMILES string of the molecule is COc1cccc(C=NNC(=O)C(NC(=O)c2ccc(C)cc2)C(C)C)c1OCC(=O)N1CCOCC1. The minimum atomic E-state index is -0.793. The molecule has 2 aromatic rings. The van der Waals surface area contributed by atoms with Gasteiger partial charge in [-0.15, -0.1) is 0 Å². The van der Waals surface area contributed by atoms with E-state index in [0.717, 1.165) is 5.56 Å². The number of hydrogen-bond donors (Lipinski definition) is 2. The van der Waals surface area contributed by atoms with Crippen LogP contribution in [0.4, 0.5) is 0 Å². The predicted molar refractivity (Wildman–Crippen MR) is 139 cm³/mol. The zero-order valence-electron chi connectivity index (χ0n) is 21.7. The van der Waals surface area contributed by atoms with Gasteiger partial charge in [0.25, 0.3) is 17.7 Å². The van der Waals surface area contributed by atoms with Crippen molar-refractivity contribution in [1.82, 2.24) is 15.6 Å². The second kappa shape index (κ2) is 13.4. The fraction of sp³-hybridized carbons (Fsp3) is 0.407. The molecule has 3 amide bonds. The molecule has 0 aliphatic carbocycles. The second-order valence-corrected chi connectivity index (χ2v) is 8.96. The minimum Gasteiger partial charge on any atom is -0.493 e. The average molecular weight is 511 g/mol. The molecule has 1 saturated heterocycles. The molecule has 0 aromatic heterocycles. The van der Waals surface area contributed by atoms with Crippen LogP contribution in [-0.2, 0) is 14.3 Å². The summed E-state index contributed by atoms with van der Waals surface area (Å²) in [5.74, 6) is -0.375. The zero-order valence-corrected chi connectivity index (χ0v) is 21.7. The highest BCUT2D eigenvalue weighted by Gasteiger charge is 2.25. The molecule has 1 heterocycles. The van der Waals surface area contributed by atoms with E-state index < -0.39 is 11.9 Å². The topological polar surface area (TPSA) is 119 Å². The summed E-state index contributed by atoms with van der Waals surface area (Å²) in [7, 11) is 1.50. The third kappa shape index (κ3) is 7.78. The zero-order chi connectivity index (χ0) is 26.8. The molecule has 0 spiro atoms. The lowest BCUT2D eigenvalue weighted by atomic mass is 10.0. The number of nitrogens with one attached hydrogen (secondary N) is 2. The monoisotopic (exact) mass is 510 g/mol. The van der Waals surface area contributed by atoms with Gasteiger partial charge in [-0.05, 0) is 37.1 Å². The molecule has 37 heavy (non-hydrogen) atoms. The molecule has 0 saturated carbocycles. The van der Waals surface area contributed by atoms with Crippen LogP contribution in [0.3, 0.4) is 0 Å². The molecule has 1 fully saturated rings. The Morgan fingerprint density at radius 1 is 1.11 bits per heavy atom. The summed E-state index contributed by atoms with van der Waals surface area (Å²) in [5, 5.41) is 6.84. The third-order valence-corrected chi connectivity index (χ3v) is 5.86. The van der Waals surface area contributed by atoms with Gasteiger partial charge >= 0.3 is 0 Å². The van der Waals surface area contributed by atoms with Gasteiger partial charge in [0.05, 0.1) is 26.5 Å². The Kier molecular flexibility index (Phi) is 10.0. The van der Waals surface area contributed by atoms with Gasteiger partial charge in [0.15, 0.2) is 18.1 Å². The maximum Gasteiger partial charge on any atom is 0.262 e. The van der Waals surface area contributed by atoms with Crippen LogP contribution in [0.25, 0.3) is 0 Å². The number of hydrogen-bond acceptors (Lipinski definition) is 7. The lowest BCUT2D eigenvalue weighted by Gasteiger charge is -2.27. The number of amides is 3. The Balaban J connectivity index is 1.65. The Labute approximate surface area is 217 Å². The smallest absolute Gasteiger partial charge is 0.262 e. The first-order valence-electron chi connectivity index (χ1n) is 12.2. The van der Waals surface area contributed by atoms with Crippen LogP contribution in [0, 0.1) is 12.8 Å². The van der Waals surface area contributed by atoms with Crippen LogP contribution < -0.4 is 20.2 Å². The molecule has 0 radical (unpaired) electrons. The van der Waals surface area contributed by atoms with Crippen LogP contribution in [0.5, 0.6) is 11.5 Å². The van der Waals surface area contributed by atoms with Gasteiger partial charge in [-0.25, -0.2) is 5.43 Å². The van der Waals surface area contributed by atoms with E-state index in [1.807, 2.05) is 32.9 Å². The number of ether oxygens (including phenoxy) is 3. The number of para-hydroxylation sites is 1. The molecular formula is C27H34N4O6. The largest absolute Gasteiger partial charge is 0.493 e. The van der Waals surface area contributed by atoms with E-state index in [2.05, 4.69) is 15.8 Å². The first-order valence-corrected chi connectivity index (χ1v) is 12.2. The maximum absolute atomic E-state index is 12.8. The highest BCUT2D eigenvalue weighted by atomic mass is 16.5. The molecule has 2 aromatic carbocycles. The maximum atomic E-state index is 12.8. The fourth-order valence-electron chi connectivity index (χ4n) is 3.69. The van der Waals surface area contributed by atoms with Crippen LogP contribution >= 0.6 is 0 Å². The molecule has 1 aliphatic heterocycles. The average Bonchev–Trinajstić information content (AvgIpc) is 2.91. The van der Waals surface area contributed by atoms with Gasteiger partial charge < -0.3 is 24.4 Å². The van der Waals surface area contributed by atoms with E-state index in [9.17, 15) is 14.4 Å². The lowest BCUT2D eigenvalue weighted by Crippen LogP contribution is -2.48. The summed E-state index contributed by atoms with van der Waals surface area (Å²) in [6.07, 6.45) is 1.41. The Hall–Kier alpha value is -3.92. The molecule has 1 unspecified atom stereocenters. The molecule has 10 heteroatoms. The standard InChI is InChI=1S/C27H34N4O6/c1-18(2)24(29-26(33)20-10-8-19(3)9-11-20)27(34)30-28-16-21-6-5-7-22(35-4)25(21)37-17-23(32)31-12-14-36-15-13-31/h5-11,16,18,24H,12-15,17H2,1-4H3,(H,29,33)(H,30,34). The summed E-state index contributed by atoms with van der Waals surface area (Å²) in [6.45, 7) is 7.48. The van der Waals surface area contributed by atoms with Gasteiger partial charge in [0.1, 0.15) is 6.04 Å². The summed E-state index contributed by atoms with van der Waals surface area (Å²) < 4.78 is 16.5. The first kappa shape index (κ1) is 27.7. The van der Waals surface area contributed by atoms with Crippen molar-refractivity contribution in [3.05, 3.63) is 59.2 Å². The van der Waals surface area contributed by atoms with Crippen molar-refractivity contribution in [1.29, 1.82) is 0 Å². The number of hydrazone groups is 1. The van der Waals surface area contributed by atoms with Gasteiger partial charge in [-0.2, -0.15) is 5.10 Å². The molecule has 3 rings (SSSR count). The van der Waals surface area contributed by atoms with Crippen LogP contribution in [0.1, 0.15) is 35.3 Å². The Morgan fingerprint density at radius 2 is 1.81 bits per heavy atom. The van der Waals surface area contributed by atoms with Gasteiger partial charge in [0, 0.05) is 24.2 Å². The molecule has 0 bridgehead atoms. The molecule has 10 nitrogen and oxygen atoms in total. The third-order valence-electron chi connectivity index (χ3n) is 5.86. The number of methoxy groups -OCH3 is 1. The highest BCUT2D eigenvalue weighted by molar-refractivity contribution is 5.97. The van der Waals surface area contributed by atoms with Crippen molar-refractivity contribution in [2.24, 2.45) is 11.0 Å². The highest BCUT2D eigenvalue weighted by Crippen LogP contribution is 2.30. The van der Waals surface area contributed by atoms with Gasteiger partial charge in [0.2, 0.25) is 0 Å². The van der Waals surface area contributed by atoms with E-state index in [1.54, 1.807) is 35.2 Å². The summed E-state index contributed by atoms with van der Waals surface area (Å²) in [5.41, 5.74) is 4.51. The Morgan fingerprint density at radius 3 is 2.46 bits per heavy atom. The molecular weight excluding hydrogens is 476 g/mol. The molecule has 198 valence electrons. The van der Waals surface area contributed by atoms with E-state index in [0.29, 0.717) is 48.9 Å². The van der Waals surface area contributed by atoms with E-state index in [-0.39, 0.29) is 24.3 Å². The summed E-state index contributed by atoms with van der Waals surface area (Å²) >= 11 is 0. The van der Waals surface area contributed by atoms with Crippen molar-refractivity contribution in [2.45, 2.75) is 26.8 Å². The molecule has 1 atom stereocenters. The predicted octanol–water partition coefficient (Wildman–Crippen LogP) is 2.15. The number of morpholine rings is 1. The van der Waals surface area contributed by atoms with Gasteiger partial charge in [-0.3, -0.25) is 14.4 Å². The van der Waals surface area contributed by atoms with Crippen LogP contribution in [0.2, 0.25) is 0 Å². The van der Waals surface area contributed by atoms with Crippen LogP contribution in [-0.4, -0.2) is 74.9 Å². The second-order valence-electron chi connectivity index (χ2n) is 8.96. The fourth-order valence-corrected chi connectivity index (χ4v) is 3.69. The Bertz CT molecular complexity index is 1110.